The van der Waals surface area contributed by atoms with Gasteiger partial charge in [-0.05, 0) is 69.7 Å². The van der Waals surface area contributed by atoms with Crippen LogP contribution in [0.2, 0.25) is 0 Å². The molecule has 3 rings (SSSR count). The molecule has 0 radical (unpaired) electrons. The Balaban J connectivity index is 2.01. The summed E-state index contributed by atoms with van der Waals surface area (Å²) < 4.78 is 82.9. The Morgan fingerprint density at radius 2 is 1.55 bits per heavy atom. The zero-order valence-corrected chi connectivity index (χ0v) is 31.0. The summed E-state index contributed by atoms with van der Waals surface area (Å²) >= 11 is 0. The average molecular weight is 745 g/mol. The largest absolute Gasteiger partial charge is 0.534 e. The van der Waals surface area contributed by atoms with E-state index in [1.807, 2.05) is 30.3 Å². The first-order valence-electron chi connectivity index (χ1n) is 16.1. The van der Waals surface area contributed by atoms with Crippen LogP contribution in [0.5, 0.6) is 5.75 Å². The number of nitrogens with zero attached hydrogens (tertiary/aromatic N) is 2. The number of carbonyl (C=O) groups excluding carboxylic acids is 3. The zero-order chi connectivity index (χ0) is 38.6. The minimum Gasteiger partial charge on any atom is -0.453 e. The van der Waals surface area contributed by atoms with E-state index in [2.05, 4.69) is 14.9 Å². The summed E-state index contributed by atoms with van der Waals surface area (Å²) in [4.78, 5) is 41.1. The van der Waals surface area contributed by atoms with Crippen LogP contribution in [0.3, 0.4) is 0 Å². The molecule has 0 spiro atoms. The lowest BCUT2D eigenvalue weighted by Crippen LogP contribution is -2.58. The van der Waals surface area contributed by atoms with Crippen molar-refractivity contribution in [3.8, 4) is 5.75 Å². The summed E-state index contributed by atoms with van der Waals surface area (Å²) in [5.74, 6) is -1.09. The van der Waals surface area contributed by atoms with Gasteiger partial charge in [-0.1, -0.05) is 63.2 Å². The summed E-state index contributed by atoms with van der Waals surface area (Å²) in [6.45, 7) is 14.0. The highest BCUT2D eigenvalue weighted by molar-refractivity contribution is 7.88. The van der Waals surface area contributed by atoms with Crippen LogP contribution < -0.4 is 14.9 Å². The normalized spacial score (nSPS) is 18.6. The molecule has 13 nitrogen and oxygen atoms in total. The Labute approximate surface area is 296 Å². The van der Waals surface area contributed by atoms with Gasteiger partial charge in [-0.2, -0.15) is 21.6 Å². The van der Waals surface area contributed by atoms with Gasteiger partial charge >= 0.3 is 27.8 Å². The molecule has 284 valence electrons. The average Bonchev–Trinajstić information content (AvgIpc) is 3.23. The molecule has 17 heteroatoms. The van der Waals surface area contributed by atoms with Crippen molar-refractivity contribution in [3.63, 3.8) is 0 Å². The summed E-state index contributed by atoms with van der Waals surface area (Å²) in [6.07, 6.45) is -2.19. The fourth-order valence-corrected chi connectivity index (χ4v) is 5.92. The van der Waals surface area contributed by atoms with E-state index in [0.29, 0.717) is 5.56 Å². The van der Waals surface area contributed by atoms with Gasteiger partial charge in [0.05, 0.1) is 19.3 Å². The second kappa shape index (κ2) is 15.7. The second-order valence-corrected chi connectivity index (χ2v) is 16.2. The van der Waals surface area contributed by atoms with Gasteiger partial charge < -0.3 is 23.7 Å². The Hall–Kier alpha value is -4.09. The van der Waals surface area contributed by atoms with Crippen LogP contribution >= 0.6 is 0 Å². The summed E-state index contributed by atoms with van der Waals surface area (Å²) in [7, 11) is -4.69. The molecule has 2 aromatic carbocycles. The number of hydrazine groups is 1. The number of rotatable bonds is 11. The van der Waals surface area contributed by atoms with Crippen molar-refractivity contribution in [2.45, 2.75) is 103 Å². The number of hydrogen-bond acceptors (Lipinski definition) is 10. The molecule has 1 heterocycles. The zero-order valence-electron chi connectivity index (χ0n) is 30.2. The first-order valence-corrected chi connectivity index (χ1v) is 17.5. The topological polar surface area (TPSA) is 153 Å². The van der Waals surface area contributed by atoms with Crippen LogP contribution in [0.1, 0.15) is 66.5 Å². The lowest BCUT2D eigenvalue weighted by Gasteiger charge is -2.35. The number of ether oxygens (including phenoxy) is 3. The Morgan fingerprint density at radius 3 is 2.06 bits per heavy atom. The number of carbonyl (C=O) groups is 3. The van der Waals surface area contributed by atoms with Gasteiger partial charge in [-0.3, -0.25) is 15.1 Å². The number of nitrogens with one attached hydrogen (secondary N) is 2. The second-order valence-electron chi connectivity index (χ2n) is 14.6. The highest BCUT2D eigenvalue weighted by Crippen LogP contribution is 2.36. The lowest BCUT2D eigenvalue weighted by molar-refractivity contribution is -0.132. The third kappa shape index (κ3) is 11.5. The minimum absolute atomic E-state index is 0.0220. The number of benzene rings is 2. The Bertz CT molecular complexity index is 1630. The van der Waals surface area contributed by atoms with E-state index in [0.717, 1.165) is 17.7 Å². The standard InChI is InChI=1S/C34H47F3N4O9S/c1-31(2,3)27(38-29(43)47-9)28(42)39-40(20-23-13-11-10-12-14-23)21-26-25(41(33(7,8)48-26)30(44)49-32(4,5)6)19-22-15-17-24(18-16-22)50-51(45,46)34(35,36)37/h10-18,25-27H,19-21H2,1-9H3,(H,38,43)(H,39,42)/t25-,26+,27-/m1/s1. The highest BCUT2D eigenvalue weighted by atomic mass is 32.2. The maximum absolute atomic E-state index is 13.8. The minimum atomic E-state index is -5.88. The smallest absolute Gasteiger partial charge is 0.453 e. The third-order valence-electron chi connectivity index (χ3n) is 7.69. The fraction of sp³-hybridized carbons (Fsp3) is 0.559. The van der Waals surface area contributed by atoms with Crippen molar-refractivity contribution in [3.05, 3.63) is 65.7 Å². The van der Waals surface area contributed by atoms with E-state index >= 15 is 0 Å². The quantitative estimate of drug-likeness (QED) is 0.171. The molecule has 0 bridgehead atoms. The van der Waals surface area contributed by atoms with E-state index in [1.54, 1.807) is 60.4 Å². The molecule has 0 aliphatic carbocycles. The molecule has 1 saturated heterocycles. The summed E-state index contributed by atoms with van der Waals surface area (Å²) in [5, 5.41) is 4.20. The van der Waals surface area contributed by atoms with Gasteiger partial charge in [0.25, 0.3) is 5.91 Å². The van der Waals surface area contributed by atoms with Crippen LogP contribution in [-0.4, -0.2) is 85.1 Å². The molecule has 2 aromatic rings. The third-order valence-corrected chi connectivity index (χ3v) is 8.67. The molecule has 0 aromatic heterocycles. The van der Waals surface area contributed by atoms with Crippen molar-refractivity contribution < 1.29 is 54.4 Å². The monoisotopic (exact) mass is 744 g/mol. The number of alkyl halides is 3. The van der Waals surface area contributed by atoms with Gasteiger partial charge in [0.2, 0.25) is 0 Å². The lowest BCUT2D eigenvalue weighted by atomic mass is 9.86. The molecule has 3 atom stereocenters. The van der Waals surface area contributed by atoms with Gasteiger partial charge in [0.15, 0.2) is 0 Å². The van der Waals surface area contributed by atoms with Crippen LogP contribution in [0.25, 0.3) is 0 Å². The first-order chi connectivity index (χ1) is 23.3. The van der Waals surface area contributed by atoms with Crippen molar-refractivity contribution >= 4 is 28.2 Å². The molecular formula is C34H47F3N4O9S. The van der Waals surface area contributed by atoms with Gasteiger partial charge in [0, 0.05) is 13.1 Å². The van der Waals surface area contributed by atoms with Gasteiger partial charge in [0.1, 0.15) is 23.1 Å². The van der Waals surface area contributed by atoms with Crippen LogP contribution in [0, 0.1) is 5.41 Å². The number of halogens is 3. The molecule has 3 amide bonds. The maximum Gasteiger partial charge on any atom is 0.534 e. The predicted molar refractivity (Wildman–Crippen MR) is 180 cm³/mol. The fourth-order valence-electron chi connectivity index (χ4n) is 5.46. The van der Waals surface area contributed by atoms with Crippen molar-refractivity contribution in [1.82, 2.24) is 20.7 Å². The highest BCUT2D eigenvalue weighted by Gasteiger charge is 2.52. The predicted octanol–water partition coefficient (Wildman–Crippen LogP) is 5.50. The van der Waals surface area contributed by atoms with Gasteiger partial charge in [-0.15, -0.1) is 0 Å². The Morgan fingerprint density at radius 1 is 0.961 bits per heavy atom. The molecule has 51 heavy (non-hydrogen) atoms. The van der Waals surface area contributed by atoms with E-state index in [1.165, 1.54) is 24.1 Å². The molecule has 1 aliphatic heterocycles. The van der Waals surface area contributed by atoms with E-state index in [-0.39, 0.29) is 19.5 Å². The summed E-state index contributed by atoms with van der Waals surface area (Å²) in [5.41, 5.74) is -4.20. The van der Waals surface area contributed by atoms with Crippen molar-refractivity contribution in [2.24, 2.45) is 5.41 Å². The Kier molecular flexibility index (Phi) is 12.7. The van der Waals surface area contributed by atoms with Crippen LogP contribution in [0.15, 0.2) is 54.6 Å². The SMILES string of the molecule is COC(=O)N[C@H](C(=O)NN(Cc1ccccc1)C[C@@H]1OC(C)(C)N(C(=O)OC(C)(C)C)[C@@H]1Cc1ccc(OS(=O)(=O)C(F)(F)F)cc1)C(C)(C)C. The first kappa shape index (κ1) is 41.3. The maximum atomic E-state index is 13.8. The van der Waals surface area contributed by atoms with Crippen LogP contribution in [-0.2, 0) is 42.1 Å². The van der Waals surface area contributed by atoms with E-state index < -0.39 is 74.4 Å². The number of methoxy groups -OCH3 is 1. The van der Waals surface area contributed by atoms with Crippen LogP contribution in [0.4, 0.5) is 22.8 Å². The van der Waals surface area contributed by atoms with E-state index in [9.17, 15) is 36.0 Å². The van der Waals surface area contributed by atoms with Gasteiger partial charge in [-0.25, -0.2) is 14.6 Å². The van der Waals surface area contributed by atoms with E-state index in [4.69, 9.17) is 14.2 Å². The number of amides is 3. The number of hydrogen-bond donors (Lipinski definition) is 2. The van der Waals surface area contributed by atoms with Crippen molar-refractivity contribution in [2.75, 3.05) is 13.7 Å². The molecule has 1 aliphatic rings. The molecular weight excluding hydrogens is 697 g/mol. The molecule has 0 unspecified atom stereocenters. The van der Waals surface area contributed by atoms with Crippen molar-refractivity contribution in [1.29, 1.82) is 0 Å². The molecule has 2 N–H and O–H groups in total. The number of alkyl carbamates (subject to hydrolysis) is 1. The molecule has 1 fully saturated rings. The molecule has 0 saturated carbocycles. The summed E-state index contributed by atoms with van der Waals surface area (Å²) in [6, 6.07) is 12.4.